The highest BCUT2D eigenvalue weighted by molar-refractivity contribution is 6.02. The third kappa shape index (κ3) is 10.2. The fourth-order valence-electron chi connectivity index (χ4n) is 3.37. The molecule has 14 heteroatoms. The molecule has 0 saturated heterocycles. The third-order valence-corrected chi connectivity index (χ3v) is 5.21. The number of carboxylic acids is 2. The van der Waals surface area contributed by atoms with Crippen LogP contribution in [0.25, 0.3) is 0 Å². The predicted octanol–water partition coefficient (Wildman–Crippen LogP) is 2.47. The molecule has 204 valence electrons. The van der Waals surface area contributed by atoms with Crippen molar-refractivity contribution in [3.63, 3.8) is 0 Å². The molecule has 2 heterocycles. The van der Waals surface area contributed by atoms with E-state index in [4.69, 9.17) is 31.0 Å². The van der Waals surface area contributed by atoms with E-state index in [0.29, 0.717) is 30.5 Å². The summed E-state index contributed by atoms with van der Waals surface area (Å²) in [5.74, 6) is -4.00. The lowest BCUT2D eigenvalue weighted by molar-refractivity contribution is -0.192. The molecule has 0 aliphatic carbocycles. The number of nitrogens with zero attached hydrogens (tertiary/aromatic N) is 2. The van der Waals surface area contributed by atoms with Gasteiger partial charge >= 0.3 is 18.1 Å². The molecule has 1 amide bonds. The van der Waals surface area contributed by atoms with E-state index in [2.05, 4.69) is 15.5 Å². The van der Waals surface area contributed by atoms with Gasteiger partial charge in [-0.3, -0.25) is 20.0 Å². The molecule has 3 rings (SSSR count). The van der Waals surface area contributed by atoms with Gasteiger partial charge in [-0.05, 0) is 30.0 Å². The van der Waals surface area contributed by atoms with Crippen molar-refractivity contribution < 1.29 is 42.6 Å². The highest BCUT2D eigenvalue weighted by Crippen LogP contribution is 2.20. The van der Waals surface area contributed by atoms with Gasteiger partial charge < -0.3 is 26.1 Å². The number of aliphatic carboxylic acids is 2. The molecule has 0 bridgehead atoms. The van der Waals surface area contributed by atoms with E-state index < -0.39 is 30.3 Å². The summed E-state index contributed by atoms with van der Waals surface area (Å²) in [6.07, 6.45) is -0.570. The molecular formula is C24H26F3N5O6. The second kappa shape index (κ2) is 13.7. The molecular weight excluding hydrogens is 511 g/mol. The van der Waals surface area contributed by atoms with Crippen LogP contribution in [-0.4, -0.2) is 62.9 Å². The van der Waals surface area contributed by atoms with Gasteiger partial charge in [0.25, 0.3) is 0 Å². The number of amides is 1. The van der Waals surface area contributed by atoms with Crippen LogP contribution in [-0.2, 0) is 25.6 Å². The summed E-state index contributed by atoms with van der Waals surface area (Å²) >= 11 is 0. The number of carbonyl (C=O) groups excluding carboxylic acids is 1. The summed E-state index contributed by atoms with van der Waals surface area (Å²) in [4.78, 5) is 42.0. The molecule has 6 N–H and O–H groups in total. The van der Waals surface area contributed by atoms with Crippen LogP contribution in [0.15, 0.2) is 53.9 Å². The minimum Gasteiger partial charge on any atom is -0.481 e. The van der Waals surface area contributed by atoms with Crippen LogP contribution in [0.4, 0.5) is 13.2 Å². The topological polar surface area (TPSA) is 188 Å². The van der Waals surface area contributed by atoms with Crippen molar-refractivity contribution in [3.8, 4) is 0 Å². The van der Waals surface area contributed by atoms with Gasteiger partial charge in [0.1, 0.15) is 11.9 Å². The number of nitrogen functional groups attached to an aromatic ring is 1. The summed E-state index contributed by atoms with van der Waals surface area (Å²) in [7, 11) is 0. The zero-order chi connectivity index (χ0) is 28.3. The third-order valence-electron chi connectivity index (χ3n) is 5.21. The van der Waals surface area contributed by atoms with Crippen LogP contribution in [0.1, 0.15) is 42.4 Å². The van der Waals surface area contributed by atoms with Crippen molar-refractivity contribution >= 4 is 29.4 Å². The number of benzene rings is 1. The zero-order valence-electron chi connectivity index (χ0n) is 19.9. The van der Waals surface area contributed by atoms with Crippen molar-refractivity contribution in [2.75, 3.05) is 0 Å². The Hall–Kier alpha value is -4.49. The van der Waals surface area contributed by atoms with Crippen molar-refractivity contribution in [2.24, 2.45) is 10.9 Å². The van der Waals surface area contributed by atoms with Crippen LogP contribution < -0.4 is 11.1 Å². The molecule has 11 nitrogen and oxygen atoms in total. The van der Waals surface area contributed by atoms with Crippen molar-refractivity contribution in [1.29, 1.82) is 5.41 Å². The average molecular weight is 537 g/mol. The quantitative estimate of drug-likeness (QED) is 0.226. The van der Waals surface area contributed by atoms with E-state index in [0.717, 1.165) is 11.1 Å². The Kier molecular flexibility index (Phi) is 10.7. The molecule has 2 atom stereocenters. The van der Waals surface area contributed by atoms with Gasteiger partial charge in [0.15, 0.2) is 0 Å². The number of carbonyl (C=O) groups is 3. The van der Waals surface area contributed by atoms with Crippen LogP contribution in [0.5, 0.6) is 0 Å². The summed E-state index contributed by atoms with van der Waals surface area (Å²) in [5, 5.41) is 30.6. The standard InChI is InChI=1S/C22H25N5O4.C2HF3O2/c23-22(24)16-6-4-15(5-7-16)19-11-18(31-27-19)12-20(28)26-17(10-21(29)30)8-3-14-2-1-9-25-13-14;3-2(4,5)1(6)7/h1-2,4-7,9,13,17-18H,3,8,10-12H2,(H3,23,24)(H,26,28)(H,29,30);(H,6,7)/t17-,18?;/m1./s1. The van der Waals surface area contributed by atoms with Gasteiger partial charge in [0, 0.05) is 30.4 Å². The highest BCUT2D eigenvalue weighted by Gasteiger charge is 2.38. The van der Waals surface area contributed by atoms with E-state index in [1.54, 1.807) is 24.5 Å². The summed E-state index contributed by atoms with van der Waals surface area (Å²) in [6, 6.07) is 10.3. The maximum absolute atomic E-state index is 12.5. The normalized spacial score (nSPS) is 15.2. The number of carboxylic acid groups (broad SMARTS) is 2. The number of oxime groups is 1. The summed E-state index contributed by atoms with van der Waals surface area (Å²) in [5.41, 5.74) is 8.62. The minimum absolute atomic E-state index is 0.00912. The Balaban J connectivity index is 0.000000638. The number of nitrogens with one attached hydrogen (secondary N) is 2. The molecule has 0 fully saturated rings. The maximum atomic E-state index is 12.5. The van der Waals surface area contributed by atoms with Gasteiger partial charge in [-0.2, -0.15) is 13.2 Å². The summed E-state index contributed by atoms with van der Waals surface area (Å²) in [6.45, 7) is 0. The molecule has 1 aliphatic rings. The van der Waals surface area contributed by atoms with Crippen molar-refractivity contribution in [2.45, 2.75) is 50.4 Å². The van der Waals surface area contributed by atoms with Crippen LogP contribution in [0.3, 0.4) is 0 Å². The lowest BCUT2D eigenvalue weighted by atomic mass is 10.0. The number of rotatable bonds is 10. The van der Waals surface area contributed by atoms with E-state index >= 15 is 0 Å². The van der Waals surface area contributed by atoms with Crippen molar-refractivity contribution in [3.05, 3.63) is 65.5 Å². The fraction of sp³-hybridized carbons (Fsp3) is 0.333. The van der Waals surface area contributed by atoms with E-state index in [-0.39, 0.29) is 24.6 Å². The number of pyridine rings is 1. The number of hydrogen-bond donors (Lipinski definition) is 5. The first kappa shape index (κ1) is 29.7. The Morgan fingerprint density at radius 2 is 1.84 bits per heavy atom. The Morgan fingerprint density at radius 3 is 2.37 bits per heavy atom. The van der Waals surface area contributed by atoms with Gasteiger partial charge in [-0.25, -0.2) is 4.79 Å². The minimum atomic E-state index is -5.08. The predicted molar refractivity (Wildman–Crippen MR) is 129 cm³/mol. The van der Waals surface area contributed by atoms with Gasteiger partial charge in [-0.1, -0.05) is 35.5 Å². The first-order valence-corrected chi connectivity index (χ1v) is 11.2. The molecule has 0 saturated carbocycles. The van der Waals surface area contributed by atoms with Gasteiger partial charge in [0.05, 0.1) is 18.6 Å². The van der Waals surface area contributed by atoms with Crippen molar-refractivity contribution in [1.82, 2.24) is 10.3 Å². The van der Waals surface area contributed by atoms with Gasteiger partial charge in [0.2, 0.25) is 5.91 Å². The first-order valence-electron chi connectivity index (χ1n) is 11.2. The second-order valence-electron chi connectivity index (χ2n) is 8.23. The number of nitrogens with two attached hydrogens (primary N) is 1. The monoisotopic (exact) mass is 537 g/mol. The Labute approximate surface area is 215 Å². The number of hydrogen-bond acceptors (Lipinski definition) is 7. The molecule has 0 radical (unpaired) electrons. The number of amidine groups is 1. The van der Waals surface area contributed by atoms with Gasteiger partial charge in [-0.15, -0.1) is 0 Å². The molecule has 0 spiro atoms. The van der Waals surface area contributed by atoms with E-state index in [1.807, 2.05) is 24.3 Å². The molecule has 1 aromatic carbocycles. The molecule has 1 aromatic heterocycles. The lowest BCUT2D eigenvalue weighted by Gasteiger charge is -2.18. The first-order chi connectivity index (χ1) is 17.8. The number of alkyl halides is 3. The Bertz CT molecular complexity index is 1160. The fourth-order valence-corrected chi connectivity index (χ4v) is 3.37. The van der Waals surface area contributed by atoms with E-state index in [1.165, 1.54) is 0 Å². The molecule has 1 unspecified atom stereocenters. The molecule has 1 aliphatic heterocycles. The number of halogens is 3. The zero-order valence-corrected chi connectivity index (χ0v) is 19.9. The second-order valence-corrected chi connectivity index (χ2v) is 8.23. The lowest BCUT2D eigenvalue weighted by Crippen LogP contribution is -2.38. The molecule has 2 aromatic rings. The van der Waals surface area contributed by atoms with Crippen LogP contribution in [0.2, 0.25) is 0 Å². The maximum Gasteiger partial charge on any atom is 0.490 e. The largest absolute Gasteiger partial charge is 0.490 e. The number of aromatic nitrogens is 1. The van der Waals surface area contributed by atoms with Crippen LogP contribution in [0, 0.1) is 5.41 Å². The summed E-state index contributed by atoms with van der Waals surface area (Å²) < 4.78 is 31.7. The average Bonchev–Trinajstić information content (AvgIpc) is 3.31. The number of aryl methyl sites for hydroxylation is 1. The van der Waals surface area contributed by atoms with Crippen LogP contribution >= 0.6 is 0 Å². The SMILES string of the molecule is N=C(N)c1ccc(C2=NOC(CC(=O)N[C@H](CCc3cccnc3)CC(=O)O)C2)cc1.O=C(O)C(F)(F)F. The smallest absolute Gasteiger partial charge is 0.481 e. The van der Waals surface area contributed by atoms with E-state index in [9.17, 15) is 22.8 Å². The highest BCUT2D eigenvalue weighted by atomic mass is 19.4. The Morgan fingerprint density at radius 1 is 1.18 bits per heavy atom. The molecule has 38 heavy (non-hydrogen) atoms.